The molecule has 0 spiro atoms. The SMILES string of the molecule is O=[N+]([O-])c1cc(Br)cc(CNC2CCc3ccccc32)c1. The average Bonchev–Trinajstić information content (AvgIpc) is 2.88. The van der Waals surface area contributed by atoms with E-state index in [4.69, 9.17) is 0 Å². The third-order valence-electron chi connectivity index (χ3n) is 3.84. The van der Waals surface area contributed by atoms with Crippen molar-refractivity contribution in [2.24, 2.45) is 0 Å². The summed E-state index contributed by atoms with van der Waals surface area (Å²) >= 11 is 3.33. The maximum atomic E-state index is 10.9. The highest BCUT2D eigenvalue weighted by molar-refractivity contribution is 9.10. The van der Waals surface area contributed by atoms with Crippen LogP contribution in [0.15, 0.2) is 46.9 Å². The van der Waals surface area contributed by atoms with Crippen LogP contribution in [0.5, 0.6) is 0 Å². The molecule has 0 fully saturated rings. The lowest BCUT2D eigenvalue weighted by atomic mass is 10.1. The van der Waals surface area contributed by atoms with Gasteiger partial charge in [-0.25, -0.2) is 0 Å². The van der Waals surface area contributed by atoms with Gasteiger partial charge in [-0.2, -0.15) is 0 Å². The van der Waals surface area contributed by atoms with E-state index in [0.29, 0.717) is 12.6 Å². The van der Waals surface area contributed by atoms with Crippen LogP contribution in [-0.4, -0.2) is 4.92 Å². The highest BCUT2D eigenvalue weighted by Gasteiger charge is 2.21. The van der Waals surface area contributed by atoms with Gasteiger partial charge in [0.2, 0.25) is 0 Å². The van der Waals surface area contributed by atoms with Gasteiger partial charge < -0.3 is 5.32 Å². The second-order valence-electron chi connectivity index (χ2n) is 5.25. The van der Waals surface area contributed by atoms with E-state index in [1.54, 1.807) is 6.07 Å². The molecule has 0 amide bonds. The lowest BCUT2D eigenvalue weighted by Crippen LogP contribution is -2.18. The number of rotatable bonds is 4. The molecular formula is C16H15BrN2O2. The van der Waals surface area contributed by atoms with Crippen molar-refractivity contribution in [1.29, 1.82) is 0 Å². The normalized spacial score (nSPS) is 16.7. The lowest BCUT2D eigenvalue weighted by molar-refractivity contribution is -0.385. The van der Waals surface area contributed by atoms with Crippen molar-refractivity contribution >= 4 is 21.6 Å². The van der Waals surface area contributed by atoms with Gasteiger partial charge in [0.05, 0.1) is 4.92 Å². The van der Waals surface area contributed by atoms with Crippen molar-refractivity contribution in [3.63, 3.8) is 0 Å². The number of nitrogens with one attached hydrogen (secondary N) is 1. The molecule has 0 aromatic heterocycles. The van der Waals surface area contributed by atoms with Crippen LogP contribution in [0.25, 0.3) is 0 Å². The molecule has 108 valence electrons. The zero-order valence-corrected chi connectivity index (χ0v) is 13.0. The average molecular weight is 347 g/mol. The van der Waals surface area contributed by atoms with Gasteiger partial charge in [-0.1, -0.05) is 40.2 Å². The number of nitro benzene ring substituents is 1. The molecule has 2 aromatic carbocycles. The minimum Gasteiger partial charge on any atom is -0.306 e. The van der Waals surface area contributed by atoms with Crippen molar-refractivity contribution < 1.29 is 4.92 Å². The van der Waals surface area contributed by atoms with E-state index in [0.717, 1.165) is 22.9 Å². The Morgan fingerprint density at radius 2 is 2.10 bits per heavy atom. The van der Waals surface area contributed by atoms with Gasteiger partial charge in [0, 0.05) is 29.2 Å². The maximum Gasteiger partial charge on any atom is 0.270 e. The van der Waals surface area contributed by atoms with E-state index in [1.807, 2.05) is 6.07 Å². The predicted octanol–water partition coefficient (Wildman–Crippen LogP) is 4.13. The summed E-state index contributed by atoms with van der Waals surface area (Å²) in [5.74, 6) is 0. The first-order valence-electron chi connectivity index (χ1n) is 6.88. The first-order chi connectivity index (χ1) is 10.1. The Morgan fingerprint density at radius 1 is 1.29 bits per heavy atom. The predicted molar refractivity (Wildman–Crippen MR) is 85.1 cm³/mol. The Balaban J connectivity index is 1.73. The summed E-state index contributed by atoms with van der Waals surface area (Å²) in [5, 5.41) is 14.4. The Bertz CT molecular complexity index is 688. The zero-order valence-electron chi connectivity index (χ0n) is 11.4. The number of hydrogen-bond acceptors (Lipinski definition) is 3. The van der Waals surface area contributed by atoms with Crippen LogP contribution in [0.2, 0.25) is 0 Å². The molecular weight excluding hydrogens is 332 g/mol. The highest BCUT2D eigenvalue weighted by Crippen LogP contribution is 2.31. The summed E-state index contributed by atoms with van der Waals surface area (Å²) in [7, 11) is 0. The molecule has 4 nitrogen and oxygen atoms in total. The number of halogens is 1. The zero-order chi connectivity index (χ0) is 14.8. The van der Waals surface area contributed by atoms with Crippen LogP contribution in [0.3, 0.4) is 0 Å². The third kappa shape index (κ3) is 3.14. The molecule has 5 heteroatoms. The smallest absolute Gasteiger partial charge is 0.270 e. The molecule has 0 bridgehead atoms. The monoisotopic (exact) mass is 346 g/mol. The Labute approximate surface area is 131 Å². The number of non-ortho nitro benzene ring substituents is 1. The minimum absolute atomic E-state index is 0.119. The molecule has 2 aromatic rings. The molecule has 0 saturated carbocycles. The number of fused-ring (bicyclic) bond motifs is 1. The maximum absolute atomic E-state index is 10.9. The molecule has 1 N–H and O–H groups in total. The van der Waals surface area contributed by atoms with E-state index < -0.39 is 0 Å². The quantitative estimate of drug-likeness (QED) is 0.668. The topological polar surface area (TPSA) is 55.2 Å². The second kappa shape index (κ2) is 5.95. The van der Waals surface area contributed by atoms with Gasteiger partial charge in [0.25, 0.3) is 5.69 Å². The summed E-state index contributed by atoms with van der Waals surface area (Å²) in [6, 6.07) is 13.8. The lowest BCUT2D eigenvalue weighted by Gasteiger charge is -2.14. The Hall–Kier alpha value is -1.72. The molecule has 21 heavy (non-hydrogen) atoms. The summed E-state index contributed by atoms with van der Waals surface area (Å²) < 4.78 is 0.736. The molecule has 0 radical (unpaired) electrons. The molecule has 1 aliphatic carbocycles. The number of nitrogens with zero attached hydrogens (tertiary/aromatic N) is 1. The third-order valence-corrected chi connectivity index (χ3v) is 4.30. The summed E-state index contributed by atoms with van der Waals surface area (Å²) in [6.07, 6.45) is 2.17. The van der Waals surface area contributed by atoms with Crippen LogP contribution < -0.4 is 5.32 Å². The first-order valence-corrected chi connectivity index (χ1v) is 7.68. The van der Waals surface area contributed by atoms with Crippen molar-refractivity contribution in [2.45, 2.75) is 25.4 Å². The number of benzene rings is 2. The molecule has 0 heterocycles. The molecule has 3 rings (SSSR count). The van der Waals surface area contributed by atoms with Crippen LogP contribution in [0.1, 0.15) is 29.2 Å². The van der Waals surface area contributed by atoms with Crippen molar-refractivity contribution in [3.8, 4) is 0 Å². The van der Waals surface area contributed by atoms with Crippen molar-refractivity contribution in [1.82, 2.24) is 5.32 Å². The molecule has 0 aliphatic heterocycles. The van der Waals surface area contributed by atoms with E-state index >= 15 is 0 Å². The Kier molecular flexibility index (Phi) is 4.03. The van der Waals surface area contributed by atoms with Crippen LogP contribution in [-0.2, 0) is 13.0 Å². The van der Waals surface area contributed by atoms with Gasteiger partial charge >= 0.3 is 0 Å². The highest BCUT2D eigenvalue weighted by atomic mass is 79.9. The van der Waals surface area contributed by atoms with Gasteiger partial charge in [-0.05, 0) is 35.6 Å². The summed E-state index contributed by atoms with van der Waals surface area (Å²) in [6.45, 7) is 0.624. The molecule has 0 saturated heterocycles. The fourth-order valence-electron chi connectivity index (χ4n) is 2.85. The van der Waals surface area contributed by atoms with Gasteiger partial charge in [-0.15, -0.1) is 0 Å². The van der Waals surface area contributed by atoms with Gasteiger partial charge in [-0.3, -0.25) is 10.1 Å². The van der Waals surface area contributed by atoms with Crippen molar-refractivity contribution in [2.75, 3.05) is 0 Å². The van der Waals surface area contributed by atoms with Gasteiger partial charge in [0.1, 0.15) is 0 Å². The number of nitro groups is 1. The van der Waals surface area contributed by atoms with Gasteiger partial charge in [0.15, 0.2) is 0 Å². The molecule has 1 atom stereocenters. The van der Waals surface area contributed by atoms with E-state index in [9.17, 15) is 10.1 Å². The molecule has 1 unspecified atom stereocenters. The summed E-state index contributed by atoms with van der Waals surface area (Å²) in [4.78, 5) is 10.5. The fourth-order valence-corrected chi connectivity index (χ4v) is 3.38. The van der Waals surface area contributed by atoms with E-state index in [-0.39, 0.29) is 10.6 Å². The largest absolute Gasteiger partial charge is 0.306 e. The summed E-state index contributed by atoms with van der Waals surface area (Å²) in [5.41, 5.74) is 3.78. The standard InChI is InChI=1S/C16H15BrN2O2/c17-13-7-11(8-14(9-13)19(20)21)10-18-16-6-5-12-3-1-2-4-15(12)16/h1-4,7-9,16,18H,5-6,10H2. The minimum atomic E-state index is -0.362. The number of hydrogen-bond donors (Lipinski definition) is 1. The molecule has 1 aliphatic rings. The second-order valence-corrected chi connectivity index (χ2v) is 6.16. The van der Waals surface area contributed by atoms with E-state index in [2.05, 4.69) is 45.5 Å². The number of aryl methyl sites for hydroxylation is 1. The fraction of sp³-hybridized carbons (Fsp3) is 0.250. The van der Waals surface area contributed by atoms with Crippen LogP contribution >= 0.6 is 15.9 Å². The first kappa shape index (κ1) is 14.2. The van der Waals surface area contributed by atoms with Crippen molar-refractivity contribution in [3.05, 3.63) is 73.7 Å². The van der Waals surface area contributed by atoms with Crippen LogP contribution in [0.4, 0.5) is 5.69 Å². The Morgan fingerprint density at radius 3 is 2.90 bits per heavy atom. The van der Waals surface area contributed by atoms with Crippen LogP contribution in [0, 0.1) is 10.1 Å². The van der Waals surface area contributed by atoms with E-state index in [1.165, 1.54) is 17.2 Å².